The zero-order valence-electron chi connectivity index (χ0n) is 52.1. The monoisotopic (exact) mass is 1330 g/mol. The quantitative estimate of drug-likeness (QED) is 0.0220. The van der Waals surface area contributed by atoms with Gasteiger partial charge < -0.3 is 94.1 Å². The maximum absolute atomic E-state index is 14.6. The third-order valence-corrected chi connectivity index (χ3v) is 15.1. The molecule has 1 aromatic heterocycles. The summed E-state index contributed by atoms with van der Waals surface area (Å²) < 4.78 is 0. The summed E-state index contributed by atoms with van der Waals surface area (Å²) in [4.78, 5) is 194. The topological polar surface area (TPSA) is 527 Å². The van der Waals surface area contributed by atoms with Crippen molar-refractivity contribution in [1.29, 1.82) is 0 Å². The van der Waals surface area contributed by atoms with E-state index in [1.807, 2.05) is 0 Å². The molecule has 95 heavy (non-hydrogen) atoms. The Hall–Kier alpha value is -11.0. The van der Waals surface area contributed by atoms with Gasteiger partial charge in [-0.25, -0.2) is 9.78 Å². The molecule has 33 heteroatoms. The number of rotatable bonds is 37. The first kappa shape index (κ1) is 74.7. The van der Waals surface area contributed by atoms with Gasteiger partial charge in [0.15, 0.2) is 0 Å². The number of amides is 10. The standard InChI is InChI=1S/C62H79N13O20/c1-32(2)52(74-59(91)47-10-7-23-75(47)61(93)40(63)27-37-29-64-31-66-37)60(92)65-30-48(78)68-41(19-21-49(79)80)54(86)67-33(3)53(85)70-45(28-51(83)84)58(90)72-44(25-35-11-15-38(76)16-12-35)57(89)71-43(24-34-8-5-4-6-9-34)56(88)69-42(20-22-50(81)82)55(87)73-46(62(94)95)26-36-13-17-39(77)18-14-36/h4-6,8-9,11-18,29,31-33,40-47,52,76-77H,7,10,19-28,30,63H2,1-3H3,(H,64,66)(H,65,92)(H,67,86)(H,68,78)(H,69,88)(H,70,85)(H,71,89)(H,72,90)(H,73,87)(H,74,91)(H,79,80)(H,81,82)(H,83,84)(H,94,95)/t33-,40-,41-,42-,43-,44-,45-,46-,47-,52-/m0/s1. The summed E-state index contributed by atoms with van der Waals surface area (Å²) in [5.41, 5.74) is 7.86. The highest BCUT2D eigenvalue weighted by Crippen LogP contribution is 2.21. The number of phenolic OH excluding ortho intramolecular Hbond substituents is 2. The molecular weight excluding hydrogens is 1250 g/mol. The van der Waals surface area contributed by atoms with Gasteiger partial charge in [0.05, 0.1) is 25.3 Å². The molecule has 512 valence electrons. The van der Waals surface area contributed by atoms with Crippen LogP contribution >= 0.6 is 0 Å². The summed E-state index contributed by atoms with van der Waals surface area (Å²) in [6.07, 6.45) is -0.944. The summed E-state index contributed by atoms with van der Waals surface area (Å²) in [7, 11) is 0. The van der Waals surface area contributed by atoms with Crippen molar-refractivity contribution in [2.24, 2.45) is 11.7 Å². The lowest BCUT2D eigenvalue weighted by Gasteiger charge is -2.29. The molecule has 1 aliphatic heterocycles. The van der Waals surface area contributed by atoms with Crippen molar-refractivity contribution in [2.45, 2.75) is 152 Å². The van der Waals surface area contributed by atoms with Crippen molar-refractivity contribution >= 4 is 82.9 Å². The van der Waals surface area contributed by atoms with E-state index in [2.05, 4.69) is 57.8 Å². The second kappa shape index (κ2) is 36.3. The van der Waals surface area contributed by atoms with E-state index in [0.717, 1.165) is 6.92 Å². The number of hydrogen-bond acceptors (Lipinski definition) is 18. The fourth-order valence-electron chi connectivity index (χ4n) is 9.97. The average Bonchev–Trinajstić information content (AvgIpc) is 1.79. The molecule has 0 unspecified atom stereocenters. The number of H-pyrrole nitrogens is 1. The average molecular weight is 1330 g/mol. The summed E-state index contributed by atoms with van der Waals surface area (Å²) >= 11 is 0. The zero-order valence-corrected chi connectivity index (χ0v) is 52.1. The first-order chi connectivity index (χ1) is 45.0. The Labute approximate surface area is 543 Å². The van der Waals surface area contributed by atoms with Gasteiger partial charge >= 0.3 is 23.9 Å². The molecule has 1 fully saturated rings. The fraction of sp³-hybridized carbons (Fsp3) is 0.435. The van der Waals surface area contributed by atoms with E-state index in [0.29, 0.717) is 23.2 Å². The van der Waals surface area contributed by atoms with Gasteiger partial charge in [0, 0.05) is 57.0 Å². The van der Waals surface area contributed by atoms with E-state index in [1.54, 1.807) is 44.2 Å². The van der Waals surface area contributed by atoms with Gasteiger partial charge in [0.2, 0.25) is 59.1 Å². The van der Waals surface area contributed by atoms with Crippen molar-refractivity contribution in [3.8, 4) is 11.5 Å². The molecule has 10 amide bonds. The van der Waals surface area contributed by atoms with Crippen LogP contribution in [0, 0.1) is 5.92 Å². The number of nitrogens with one attached hydrogen (secondary N) is 10. The Morgan fingerprint density at radius 3 is 1.53 bits per heavy atom. The molecule has 1 saturated heterocycles. The minimum Gasteiger partial charge on any atom is -0.508 e. The van der Waals surface area contributed by atoms with Crippen LogP contribution in [-0.2, 0) is 92.8 Å². The van der Waals surface area contributed by atoms with Crippen LogP contribution in [-0.4, -0.2) is 202 Å². The molecule has 10 atom stereocenters. The highest BCUT2D eigenvalue weighted by Gasteiger charge is 2.40. The number of nitrogens with two attached hydrogens (primary N) is 1. The van der Waals surface area contributed by atoms with E-state index in [-0.39, 0.29) is 49.3 Å². The van der Waals surface area contributed by atoms with E-state index in [4.69, 9.17) is 5.73 Å². The van der Waals surface area contributed by atoms with Gasteiger partial charge in [-0.05, 0) is 79.5 Å². The number of nitrogens with zero attached hydrogens (tertiary/aromatic N) is 2. The highest BCUT2D eigenvalue weighted by molar-refractivity contribution is 5.99. The molecule has 0 saturated carbocycles. The molecular formula is C62H79N13O20. The second-order valence-electron chi connectivity index (χ2n) is 22.9. The van der Waals surface area contributed by atoms with Gasteiger partial charge in [-0.2, -0.15) is 0 Å². The highest BCUT2D eigenvalue weighted by atomic mass is 16.4. The molecule has 0 radical (unpaired) electrons. The number of likely N-dealkylation sites (tertiary alicyclic amines) is 1. The number of hydrogen-bond donors (Lipinski definition) is 17. The van der Waals surface area contributed by atoms with E-state index < -0.39 is 194 Å². The van der Waals surface area contributed by atoms with E-state index in [1.165, 1.54) is 66.0 Å². The lowest BCUT2D eigenvalue weighted by Crippen LogP contribution is -2.60. The number of carbonyl (C=O) groups is 14. The van der Waals surface area contributed by atoms with Crippen LogP contribution in [0.4, 0.5) is 0 Å². The molecule has 3 aromatic carbocycles. The van der Waals surface area contributed by atoms with Gasteiger partial charge in [-0.15, -0.1) is 0 Å². The van der Waals surface area contributed by atoms with Gasteiger partial charge in [-0.3, -0.25) is 62.3 Å². The third-order valence-electron chi connectivity index (χ3n) is 15.1. The van der Waals surface area contributed by atoms with Crippen LogP contribution < -0.4 is 53.6 Å². The van der Waals surface area contributed by atoms with Gasteiger partial charge in [0.25, 0.3) is 0 Å². The zero-order chi connectivity index (χ0) is 70.1. The van der Waals surface area contributed by atoms with E-state index >= 15 is 0 Å². The maximum atomic E-state index is 14.6. The SMILES string of the molecule is CC(C)[C@H](NC(=O)[C@@H]1CCCN1C(=O)[C@@H](N)Cc1cnc[nH]1)C(=O)NCC(=O)N[C@@H](CCC(=O)O)C(=O)N[C@@H](C)C(=O)N[C@@H](CC(=O)O)C(=O)N[C@@H](Cc1ccc(O)cc1)C(=O)N[C@@H](Cc1ccccc1)C(=O)N[C@@H](CCC(=O)O)C(=O)N[C@@H](Cc1ccc(O)cc1)C(=O)O. The molecule has 5 rings (SSSR count). The first-order valence-corrected chi connectivity index (χ1v) is 30.2. The smallest absolute Gasteiger partial charge is 0.326 e. The van der Waals surface area contributed by atoms with Crippen LogP contribution in [0.3, 0.4) is 0 Å². The predicted molar refractivity (Wildman–Crippen MR) is 331 cm³/mol. The van der Waals surface area contributed by atoms with Crippen LogP contribution in [0.15, 0.2) is 91.4 Å². The van der Waals surface area contributed by atoms with Crippen molar-refractivity contribution in [3.05, 3.63) is 114 Å². The molecule has 2 heterocycles. The number of carbonyl (C=O) groups excluding carboxylic acids is 10. The Balaban J connectivity index is 1.28. The predicted octanol–water partition coefficient (Wildman–Crippen LogP) is -2.63. The largest absolute Gasteiger partial charge is 0.508 e. The summed E-state index contributed by atoms with van der Waals surface area (Å²) in [6, 6.07) is 3.23. The molecule has 0 bridgehead atoms. The van der Waals surface area contributed by atoms with Gasteiger partial charge in [0.1, 0.15) is 65.9 Å². The van der Waals surface area contributed by atoms with E-state index in [9.17, 15) is 97.8 Å². The Morgan fingerprint density at radius 2 is 1.02 bits per heavy atom. The van der Waals surface area contributed by atoms with Crippen molar-refractivity contribution in [2.75, 3.05) is 13.1 Å². The van der Waals surface area contributed by atoms with Crippen LogP contribution in [0.25, 0.3) is 0 Å². The summed E-state index contributed by atoms with van der Waals surface area (Å²) in [6.45, 7) is 3.73. The number of aromatic amines is 1. The molecule has 0 spiro atoms. The number of aromatic hydroxyl groups is 2. The molecule has 1 aliphatic rings. The normalized spacial score (nSPS) is 15.5. The Bertz CT molecular complexity index is 3370. The molecule has 0 aliphatic carbocycles. The number of benzene rings is 3. The maximum Gasteiger partial charge on any atom is 0.326 e. The van der Waals surface area contributed by atoms with Crippen molar-refractivity contribution < 1.29 is 97.8 Å². The number of imidazole rings is 1. The van der Waals surface area contributed by atoms with Crippen molar-refractivity contribution in [3.63, 3.8) is 0 Å². The number of aliphatic carboxylic acids is 4. The summed E-state index contributed by atoms with van der Waals surface area (Å²) in [5, 5.41) is 80.1. The number of phenols is 2. The number of aromatic nitrogens is 2. The van der Waals surface area contributed by atoms with Gasteiger partial charge in [-0.1, -0.05) is 68.4 Å². The molecule has 18 N–H and O–H groups in total. The lowest BCUT2D eigenvalue weighted by atomic mass is 10.0. The number of carboxylic acid groups (broad SMARTS) is 4. The Kier molecular flexibility index (Phi) is 28.6. The summed E-state index contributed by atoms with van der Waals surface area (Å²) in [5.74, 6) is -16.8. The van der Waals surface area contributed by atoms with Crippen LogP contribution in [0.2, 0.25) is 0 Å². The molecule has 33 nitrogen and oxygen atoms in total. The minimum atomic E-state index is -2.03. The number of carboxylic acids is 4. The first-order valence-electron chi connectivity index (χ1n) is 30.2. The Morgan fingerprint density at radius 1 is 0.547 bits per heavy atom. The fourth-order valence-corrected chi connectivity index (χ4v) is 9.97. The van der Waals surface area contributed by atoms with Crippen LogP contribution in [0.1, 0.15) is 88.1 Å². The van der Waals surface area contributed by atoms with Crippen molar-refractivity contribution in [1.82, 2.24) is 62.7 Å². The van der Waals surface area contributed by atoms with Crippen LogP contribution in [0.5, 0.6) is 11.5 Å². The lowest BCUT2D eigenvalue weighted by molar-refractivity contribution is -0.143. The minimum absolute atomic E-state index is 0.119. The third kappa shape index (κ3) is 24.5. The molecule has 4 aromatic rings. The second-order valence-corrected chi connectivity index (χ2v) is 22.9.